The van der Waals surface area contributed by atoms with Gasteiger partial charge in [0.1, 0.15) is 0 Å². The molecule has 1 fully saturated rings. The summed E-state index contributed by atoms with van der Waals surface area (Å²) in [6, 6.07) is 8.30. The van der Waals surface area contributed by atoms with Crippen LogP contribution in [-0.2, 0) is 36.7 Å². The number of carbonyl (C=O) groups excluding carboxylic acids is 4. The van der Waals surface area contributed by atoms with E-state index >= 15 is 0 Å². The lowest BCUT2D eigenvalue weighted by Crippen LogP contribution is -2.54. The number of nitrogens with zero attached hydrogens (tertiary/aromatic N) is 1. The van der Waals surface area contributed by atoms with Crippen LogP contribution in [-0.4, -0.2) is 71.1 Å². The van der Waals surface area contributed by atoms with Gasteiger partial charge in [0.05, 0.1) is 24.7 Å². The molecule has 1 aliphatic carbocycles. The zero-order valence-corrected chi connectivity index (χ0v) is 25.4. The van der Waals surface area contributed by atoms with Crippen LogP contribution < -0.4 is 5.32 Å². The molecule has 10 heteroatoms. The van der Waals surface area contributed by atoms with Crippen molar-refractivity contribution < 1.29 is 38.9 Å². The SMILES string of the molecule is CCCCCCCCc1ccc(CCC(CO)(CO)NC(=O)OCOC(=O)C2CCC(CN3C(=O)C=CC3=O)CC2)cc1. The summed E-state index contributed by atoms with van der Waals surface area (Å²) in [5.74, 6) is -1.30. The van der Waals surface area contributed by atoms with Crippen molar-refractivity contribution in [2.75, 3.05) is 26.6 Å². The lowest BCUT2D eigenvalue weighted by molar-refractivity contribution is -0.158. The first-order valence-electron chi connectivity index (χ1n) is 15.7. The number of hydrogen-bond donors (Lipinski definition) is 3. The predicted octanol–water partition coefficient (Wildman–Crippen LogP) is 4.20. The van der Waals surface area contributed by atoms with Crippen molar-refractivity contribution in [3.63, 3.8) is 0 Å². The van der Waals surface area contributed by atoms with Gasteiger partial charge in [-0.15, -0.1) is 0 Å². The van der Waals surface area contributed by atoms with Gasteiger partial charge in [0.25, 0.3) is 11.8 Å². The number of aliphatic hydroxyl groups is 2. The van der Waals surface area contributed by atoms with Crippen molar-refractivity contribution in [3.8, 4) is 0 Å². The van der Waals surface area contributed by atoms with Crippen molar-refractivity contribution in [1.29, 1.82) is 0 Å². The van der Waals surface area contributed by atoms with Gasteiger partial charge in [0.2, 0.25) is 6.79 Å². The number of aryl methyl sites for hydroxylation is 2. The van der Waals surface area contributed by atoms with Crippen LogP contribution in [0.2, 0.25) is 0 Å². The topological polar surface area (TPSA) is 142 Å². The predicted molar refractivity (Wildman–Crippen MR) is 161 cm³/mol. The van der Waals surface area contributed by atoms with Crippen LogP contribution in [0.4, 0.5) is 4.79 Å². The standard InChI is InChI=1S/C33H48N2O8/c1-2-3-4-5-6-7-8-25-9-11-26(12-10-25)19-20-33(22-36,23-37)34-32(41)43-24-42-31(40)28-15-13-27(14-16-28)21-35-29(38)17-18-30(35)39/h9-12,17-18,27-28,36-37H,2-8,13-16,19-24H2,1H3,(H,34,41). The van der Waals surface area contributed by atoms with Crippen LogP contribution in [0.5, 0.6) is 0 Å². The third-order valence-electron chi connectivity index (χ3n) is 8.62. The molecule has 0 radical (unpaired) electrons. The molecule has 1 aromatic rings. The van der Waals surface area contributed by atoms with E-state index in [1.54, 1.807) is 0 Å². The highest BCUT2D eigenvalue weighted by Crippen LogP contribution is 2.30. The van der Waals surface area contributed by atoms with E-state index in [1.807, 2.05) is 12.1 Å². The Balaban J connectivity index is 1.34. The van der Waals surface area contributed by atoms with E-state index in [4.69, 9.17) is 9.47 Å². The zero-order chi connectivity index (χ0) is 31.1. The Bertz CT molecular complexity index is 1060. The molecular weight excluding hydrogens is 552 g/mol. The minimum absolute atomic E-state index is 0.131. The number of esters is 1. The average molecular weight is 601 g/mol. The number of carbonyl (C=O) groups is 4. The highest BCUT2D eigenvalue weighted by Gasteiger charge is 2.33. The van der Waals surface area contributed by atoms with E-state index in [1.165, 1.54) is 61.1 Å². The molecule has 0 atom stereocenters. The van der Waals surface area contributed by atoms with Gasteiger partial charge >= 0.3 is 12.1 Å². The highest BCUT2D eigenvalue weighted by molar-refractivity contribution is 6.12. The third-order valence-corrected chi connectivity index (χ3v) is 8.62. The van der Waals surface area contributed by atoms with Crippen LogP contribution in [0, 0.1) is 11.8 Å². The Morgan fingerprint density at radius 2 is 1.44 bits per heavy atom. The summed E-state index contributed by atoms with van der Waals surface area (Å²) in [7, 11) is 0. The van der Waals surface area contributed by atoms with E-state index in [9.17, 15) is 29.4 Å². The van der Waals surface area contributed by atoms with Crippen molar-refractivity contribution in [3.05, 3.63) is 47.5 Å². The smallest absolute Gasteiger partial charge is 0.410 e. The number of hydrogen-bond acceptors (Lipinski definition) is 8. The maximum absolute atomic E-state index is 12.5. The fourth-order valence-corrected chi connectivity index (χ4v) is 5.68. The maximum Gasteiger partial charge on any atom is 0.410 e. The van der Waals surface area contributed by atoms with Crippen molar-refractivity contribution >= 4 is 23.9 Å². The van der Waals surface area contributed by atoms with E-state index in [2.05, 4.69) is 24.4 Å². The first-order valence-corrected chi connectivity index (χ1v) is 15.7. The summed E-state index contributed by atoms with van der Waals surface area (Å²) in [5, 5.41) is 22.5. The first-order chi connectivity index (χ1) is 20.8. The Labute approximate surface area is 254 Å². The number of rotatable bonds is 18. The monoisotopic (exact) mass is 600 g/mol. The lowest BCUT2D eigenvalue weighted by atomic mass is 9.82. The number of aliphatic hydroxyl groups excluding tert-OH is 2. The Morgan fingerprint density at radius 3 is 2.05 bits per heavy atom. The molecule has 0 bridgehead atoms. The lowest BCUT2D eigenvalue weighted by Gasteiger charge is -2.31. The third kappa shape index (κ3) is 11.1. The van der Waals surface area contributed by atoms with Gasteiger partial charge in [0, 0.05) is 18.7 Å². The van der Waals surface area contributed by atoms with Gasteiger partial charge < -0.3 is 25.0 Å². The molecule has 0 unspecified atom stereocenters. The second kappa shape index (κ2) is 17.8. The second-order valence-corrected chi connectivity index (χ2v) is 11.9. The number of alkyl carbamates (subject to hydrolysis) is 1. The molecule has 1 heterocycles. The zero-order valence-electron chi connectivity index (χ0n) is 25.4. The highest BCUT2D eigenvalue weighted by atomic mass is 16.7. The van der Waals surface area contributed by atoms with Crippen LogP contribution in [0.3, 0.4) is 0 Å². The quantitative estimate of drug-likeness (QED) is 0.0985. The van der Waals surface area contributed by atoms with Gasteiger partial charge in [-0.3, -0.25) is 19.3 Å². The largest absolute Gasteiger partial charge is 0.428 e. The number of amides is 3. The molecule has 0 spiro atoms. The molecule has 0 saturated heterocycles. The number of imide groups is 1. The molecule has 0 aromatic heterocycles. The molecule has 2 aliphatic rings. The molecule has 238 valence electrons. The summed E-state index contributed by atoms with van der Waals surface area (Å²) in [6.45, 7) is 1.01. The molecule has 3 rings (SSSR count). The normalized spacial score (nSPS) is 18.6. The Morgan fingerprint density at radius 1 is 0.860 bits per heavy atom. The molecule has 1 aliphatic heterocycles. The Kier molecular flexibility index (Phi) is 14.2. The van der Waals surface area contributed by atoms with Crippen LogP contribution in [0.25, 0.3) is 0 Å². The first kappa shape index (κ1) is 34.3. The van der Waals surface area contributed by atoms with Gasteiger partial charge in [-0.2, -0.15) is 0 Å². The maximum atomic E-state index is 12.5. The van der Waals surface area contributed by atoms with E-state index in [0.717, 1.165) is 12.0 Å². The fourth-order valence-electron chi connectivity index (χ4n) is 5.68. The van der Waals surface area contributed by atoms with Gasteiger partial charge in [-0.05, 0) is 68.4 Å². The Hall–Kier alpha value is -3.24. The van der Waals surface area contributed by atoms with Crippen LogP contribution in [0.1, 0.15) is 88.7 Å². The van der Waals surface area contributed by atoms with Gasteiger partial charge in [-0.1, -0.05) is 63.3 Å². The minimum atomic E-state index is -1.29. The number of unbranched alkanes of at least 4 members (excludes halogenated alkanes) is 5. The summed E-state index contributed by atoms with van der Waals surface area (Å²) in [5.41, 5.74) is 1.03. The number of nitrogens with one attached hydrogen (secondary N) is 1. The molecule has 43 heavy (non-hydrogen) atoms. The average Bonchev–Trinajstić information content (AvgIpc) is 3.34. The second-order valence-electron chi connectivity index (χ2n) is 11.9. The van der Waals surface area contributed by atoms with Crippen molar-refractivity contribution in [2.45, 2.75) is 95.9 Å². The van der Waals surface area contributed by atoms with Crippen molar-refractivity contribution in [2.24, 2.45) is 11.8 Å². The van der Waals surface area contributed by atoms with E-state index < -0.39 is 37.6 Å². The molecule has 3 amide bonds. The molecule has 1 aromatic carbocycles. The molecule has 3 N–H and O–H groups in total. The summed E-state index contributed by atoms with van der Waals surface area (Å²) in [6.07, 6.45) is 13.5. The van der Waals surface area contributed by atoms with Gasteiger partial charge in [-0.25, -0.2) is 4.79 Å². The molecule has 10 nitrogen and oxygen atoms in total. The van der Waals surface area contributed by atoms with Crippen LogP contribution in [0.15, 0.2) is 36.4 Å². The number of benzene rings is 1. The summed E-state index contributed by atoms with van der Waals surface area (Å²) < 4.78 is 10.2. The minimum Gasteiger partial charge on any atom is -0.428 e. The number of ether oxygens (including phenoxy) is 2. The molecular formula is C33H48N2O8. The van der Waals surface area contributed by atoms with E-state index in [0.29, 0.717) is 45.1 Å². The van der Waals surface area contributed by atoms with Crippen LogP contribution >= 0.6 is 0 Å². The van der Waals surface area contributed by atoms with Crippen molar-refractivity contribution in [1.82, 2.24) is 10.2 Å². The summed E-state index contributed by atoms with van der Waals surface area (Å²) >= 11 is 0. The summed E-state index contributed by atoms with van der Waals surface area (Å²) in [4.78, 5) is 49.7. The molecule has 1 saturated carbocycles. The fraction of sp³-hybridized carbons (Fsp3) is 0.636. The van der Waals surface area contributed by atoms with Gasteiger partial charge in [0.15, 0.2) is 0 Å². The van der Waals surface area contributed by atoms with E-state index in [-0.39, 0.29) is 23.7 Å².